The van der Waals surface area contributed by atoms with Crippen LogP contribution in [0, 0.1) is 6.92 Å². The zero-order valence-corrected chi connectivity index (χ0v) is 15.1. The van der Waals surface area contributed by atoms with E-state index in [4.69, 9.17) is 4.74 Å². The molecule has 4 nitrogen and oxygen atoms in total. The van der Waals surface area contributed by atoms with Crippen molar-refractivity contribution in [3.05, 3.63) is 35.4 Å². The molecule has 0 bridgehead atoms. The second kappa shape index (κ2) is 7.45. The van der Waals surface area contributed by atoms with Crippen molar-refractivity contribution in [3.63, 3.8) is 0 Å². The Hall–Kier alpha value is -1.39. The lowest BCUT2D eigenvalue weighted by Crippen LogP contribution is -2.58. The quantitative estimate of drug-likeness (QED) is 0.907. The van der Waals surface area contributed by atoms with Crippen LogP contribution in [0.3, 0.4) is 0 Å². The number of amides is 1. The molecule has 1 heterocycles. The van der Waals surface area contributed by atoms with Crippen LogP contribution in [0.4, 0.5) is 0 Å². The number of nitrogens with one attached hydrogen (secondary N) is 1. The average Bonchev–Trinajstić information content (AvgIpc) is 2.47. The van der Waals surface area contributed by atoms with E-state index in [1.807, 2.05) is 31.2 Å². The third-order valence-electron chi connectivity index (χ3n) is 4.61. The van der Waals surface area contributed by atoms with Crippen LogP contribution in [0.25, 0.3) is 0 Å². The highest BCUT2D eigenvalue weighted by molar-refractivity contribution is 5.79. The summed E-state index contributed by atoms with van der Waals surface area (Å²) in [5, 5.41) is 3.10. The van der Waals surface area contributed by atoms with Crippen LogP contribution in [0.2, 0.25) is 0 Å². The highest BCUT2D eigenvalue weighted by Crippen LogP contribution is 2.20. The van der Waals surface area contributed by atoms with Crippen LogP contribution in [-0.4, -0.2) is 48.2 Å². The number of rotatable bonds is 5. The summed E-state index contributed by atoms with van der Waals surface area (Å²) in [6.07, 6.45) is 0.917. The molecule has 1 amide bonds. The Kier molecular flexibility index (Phi) is 5.82. The number of aryl methyl sites for hydroxylation is 1. The molecule has 1 fully saturated rings. The van der Waals surface area contributed by atoms with Crippen LogP contribution in [0.5, 0.6) is 0 Å². The van der Waals surface area contributed by atoms with E-state index in [1.165, 1.54) is 0 Å². The van der Waals surface area contributed by atoms with Crippen molar-refractivity contribution in [1.29, 1.82) is 0 Å². The first-order chi connectivity index (χ1) is 10.8. The lowest BCUT2D eigenvalue weighted by atomic mass is 9.99. The maximum Gasteiger partial charge on any atom is 0.224 e. The van der Waals surface area contributed by atoms with Crippen molar-refractivity contribution in [1.82, 2.24) is 10.2 Å². The number of carbonyl (C=O) groups is 1. The Balaban J connectivity index is 1.88. The fourth-order valence-electron chi connectivity index (χ4n) is 3.14. The highest BCUT2D eigenvalue weighted by atomic mass is 16.5. The second-order valence-electron chi connectivity index (χ2n) is 7.35. The summed E-state index contributed by atoms with van der Waals surface area (Å²) in [6, 6.07) is 8.05. The van der Waals surface area contributed by atoms with E-state index in [-0.39, 0.29) is 23.7 Å². The molecule has 4 heteroatoms. The van der Waals surface area contributed by atoms with Crippen molar-refractivity contribution in [2.24, 2.45) is 0 Å². The van der Waals surface area contributed by atoms with Crippen molar-refractivity contribution in [2.75, 3.05) is 19.6 Å². The summed E-state index contributed by atoms with van der Waals surface area (Å²) < 4.78 is 5.80. The van der Waals surface area contributed by atoms with E-state index in [0.717, 1.165) is 24.2 Å². The Labute approximate surface area is 140 Å². The summed E-state index contributed by atoms with van der Waals surface area (Å²) >= 11 is 0. The fourth-order valence-corrected chi connectivity index (χ4v) is 3.14. The summed E-state index contributed by atoms with van der Waals surface area (Å²) in [7, 11) is 0. The topological polar surface area (TPSA) is 41.6 Å². The minimum Gasteiger partial charge on any atom is -0.373 e. The maximum absolute atomic E-state index is 12.3. The van der Waals surface area contributed by atoms with Crippen LogP contribution in [0.1, 0.15) is 38.8 Å². The molecule has 1 saturated heterocycles. The zero-order chi connectivity index (χ0) is 17.0. The Morgan fingerprint density at radius 1 is 1.26 bits per heavy atom. The third kappa shape index (κ3) is 5.05. The van der Waals surface area contributed by atoms with Gasteiger partial charge < -0.3 is 10.1 Å². The lowest BCUT2D eigenvalue weighted by molar-refractivity contribution is -0.122. The van der Waals surface area contributed by atoms with Gasteiger partial charge in [-0.05, 0) is 45.7 Å². The SMILES string of the molecule is Cc1ccccc1CC(=O)NCC(C)(C)N1C[C@H](C)O[C@@H](C)C1. The minimum absolute atomic E-state index is 0.0757. The molecule has 128 valence electrons. The smallest absolute Gasteiger partial charge is 0.224 e. The molecule has 0 unspecified atom stereocenters. The van der Waals surface area contributed by atoms with Gasteiger partial charge >= 0.3 is 0 Å². The Bertz CT molecular complexity index is 532. The van der Waals surface area contributed by atoms with E-state index in [1.54, 1.807) is 0 Å². The summed E-state index contributed by atoms with van der Waals surface area (Å²) in [4.78, 5) is 14.7. The van der Waals surface area contributed by atoms with Gasteiger partial charge in [-0.25, -0.2) is 0 Å². The second-order valence-corrected chi connectivity index (χ2v) is 7.35. The van der Waals surface area contributed by atoms with Gasteiger partial charge in [0.05, 0.1) is 18.6 Å². The van der Waals surface area contributed by atoms with Gasteiger partial charge in [0.1, 0.15) is 0 Å². The van der Waals surface area contributed by atoms with E-state index in [2.05, 4.69) is 37.9 Å². The fraction of sp³-hybridized carbons (Fsp3) is 0.632. The molecule has 1 N–H and O–H groups in total. The summed E-state index contributed by atoms with van der Waals surface area (Å²) in [5.41, 5.74) is 2.18. The zero-order valence-electron chi connectivity index (χ0n) is 15.1. The van der Waals surface area contributed by atoms with Crippen molar-refractivity contribution in [2.45, 2.75) is 58.8 Å². The molecule has 1 aliphatic heterocycles. The molecule has 1 aliphatic rings. The van der Waals surface area contributed by atoms with Crippen LogP contribution in [0.15, 0.2) is 24.3 Å². The first kappa shape index (κ1) is 18.0. The average molecular weight is 318 g/mol. The Morgan fingerprint density at radius 3 is 2.48 bits per heavy atom. The molecule has 1 aromatic rings. The van der Waals surface area contributed by atoms with Gasteiger partial charge in [0.25, 0.3) is 0 Å². The molecular weight excluding hydrogens is 288 g/mol. The predicted molar refractivity (Wildman–Crippen MR) is 93.6 cm³/mol. The van der Waals surface area contributed by atoms with Gasteiger partial charge in [-0.15, -0.1) is 0 Å². The number of morpholine rings is 1. The molecule has 0 radical (unpaired) electrons. The number of hydrogen-bond donors (Lipinski definition) is 1. The molecule has 2 rings (SSSR count). The van der Waals surface area contributed by atoms with Gasteiger partial charge in [0.2, 0.25) is 5.91 Å². The maximum atomic E-state index is 12.3. The number of ether oxygens (including phenoxy) is 1. The molecule has 2 atom stereocenters. The van der Waals surface area contributed by atoms with Crippen molar-refractivity contribution in [3.8, 4) is 0 Å². The van der Waals surface area contributed by atoms with Crippen LogP contribution < -0.4 is 5.32 Å². The van der Waals surface area contributed by atoms with Gasteiger partial charge in [-0.3, -0.25) is 9.69 Å². The van der Waals surface area contributed by atoms with Gasteiger partial charge in [0, 0.05) is 25.2 Å². The summed E-state index contributed by atoms with van der Waals surface area (Å²) in [5.74, 6) is 0.0849. The minimum atomic E-state index is -0.0757. The third-order valence-corrected chi connectivity index (χ3v) is 4.61. The Morgan fingerprint density at radius 2 is 1.87 bits per heavy atom. The van der Waals surface area contributed by atoms with E-state index < -0.39 is 0 Å². The van der Waals surface area contributed by atoms with E-state index in [9.17, 15) is 4.79 Å². The summed E-state index contributed by atoms with van der Waals surface area (Å²) in [6.45, 7) is 13.1. The molecule has 0 spiro atoms. The highest BCUT2D eigenvalue weighted by Gasteiger charge is 2.33. The molecule has 0 saturated carbocycles. The van der Waals surface area contributed by atoms with Crippen LogP contribution >= 0.6 is 0 Å². The normalized spacial score (nSPS) is 22.8. The lowest BCUT2D eigenvalue weighted by Gasteiger charge is -2.45. The largest absolute Gasteiger partial charge is 0.373 e. The van der Waals surface area contributed by atoms with E-state index in [0.29, 0.717) is 13.0 Å². The number of benzene rings is 1. The molecular formula is C19H30N2O2. The van der Waals surface area contributed by atoms with Gasteiger partial charge in [0.15, 0.2) is 0 Å². The van der Waals surface area contributed by atoms with Crippen LogP contribution in [-0.2, 0) is 16.0 Å². The predicted octanol–water partition coefficient (Wildman–Crippen LogP) is 2.54. The first-order valence-corrected chi connectivity index (χ1v) is 8.49. The molecule has 23 heavy (non-hydrogen) atoms. The van der Waals surface area contributed by atoms with Gasteiger partial charge in [-0.2, -0.15) is 0 Å². The van der Waals surface area contributed by atoms with Gasteiger partial charge in [-0.1, -0.05) is 24.3 Å². The van der Waals surface area contributed by atoms with E-state index >= 15 is 0 Å². The van der Waals surface area contributed by atoms with Crippen molar-refractivity contribution < 1.29 is 9.53 Å². The van der Waals surface area contributed by atoms with Crippen molar-refractivity contribution >= 4 is 5.91 Å². The molecule has 0 aromatic heterocycles. The molecule has 1 aromatic carbocycles. The number of nitrogens with zero attached hydrogens (tertiary/aromatic N) is 1. The monoisotopic (exact) mass is 318 g/mol. The standard InChI is InChI=1S/C19H30N2O2/c1-14-8-6-7-9-17(14)10-18(22)20-13-19(4,5)21-11-15(2)23-16(3)12-21/h6-9,15-16H,10-13H2,1-5H3,(H,20,22)/t15-,16-/m0/s1. The first-order valence-electron chi connectivity index (χ1n) is 8.49. The number of carbonyl (C=O) groups excluding carboxylic acids is 1. The number of hydrogen-bond acceptors (Lipinski definition) is 3. The molecule has 0 aliphatic carbocycles.